The minimum absolute atomic E-state index is 0.0694. The first-order valence-electron chi connectivity index (χ1n) is 2.85. The van der Waals surface area contributed by atoms with Crippen LogP contribution in [-0.4, -0.2) is 32.6 Å². The number of likely N-dealkylation sites (N-methyl/N-ethyl adjacent to an activating group) is 2. The summed E-state index contributed by atoms with van der Waals surface area (Å²) in [5.41, 5.74) is 5.24. The summed E-state index contributed by atoms with van der Waals surface area (Å²) in [5.74, 6) is -0.0694. The van der Waals surface area contributed by atoms with Crippen LogP contribution in [0.4, 0.5) is 0 Å². The molecule has 0 aliphatic carbocycles. The molecule has 0 spiro atoms. The summed E-state index contributed by atoms with van der Waals surface area (Å²) in [6.45, 7) is 0.330. The van der Waals surface area contributed by atoms with Gasteiger partial charge in [-0.05, 0) is 7.05 Å². The Morgan fingerprint density at radius 2 is 2.22 bits per heavy atom. The van der Waals surface area contributed by atoms with Gasteiger partial charge >= 0.3 is 0 Å². The summed E-state index contributed by atoms with van der Waals surface area (Å²) in [4.78, 5) is 10.7. The first-order chi connectivity index (χ1) is 4.26. The van der Waals surface area contributed by atoms with Crippen LogP contribution in [-0.2, 0) is 4.79 Å². The monoisotopic (exact) mass is 131 g/mol. The standard InChI is InChI=1S/C5H13N3O/c1-7-4(3-6)5(9)8-2/h4,7H,3,6H2,1-2H3,(H,8,9)/t4-/m0/s1. The Bertz CT molecular complexity index is 90.2. The number of rotatable bonds is 3. The zero-order chi connectivity index (χ0) is 7.28. The Hall–Kier alpha value is -0.610. The molecule has 0 aromatic heterocycles. The van der Waals surface area contributed by atoms with Crippen LogP contribution in [0.15, 0.2) is 0 Å². The average molecular weight is 131 g/mol. The molecule has 0 aliphatic rings. The third kappa shape index (κ3) is 2.43. The van der Waals surface area contributed by atoms with E-state index < -0.39 is 0 Å². The molecule has 4 nitrogen and oxygen atoms in total. The van der Waals surface area contributed by atoms with E-state index >= 15 is 0 Å². The normalized spacial score (nSPS) is 12.8. The molecule has 4 N–H and O–H groups in total. The fourth-order valence-electron chi connectivity index (χ4n) is 0.530. The fraction of sp³-hybridized carbons (Fsp3) is 0.800. The van der Waals surface area contributed by atoms with E-state index in [-0.39, 0.29) is 11.9 Å². The van der Waals surface area contributed by atoms with Crippen molar-refractivity contribution in [1.29, 1.82) is 0 Å². The summed E-state index contributed by atoms with van der Waals surface area (Å²) < 4.78 is 0. The van der Waals surface area contributed by atoms with Gasteiger partial charge in [0.15, 0.2) is 0 Å². The largest absolute Gasteiger partial charge is 0.358 e. The first kappa shape index (κ1) is 8.39. The molecule has 0 heterocycles. The van der Waals surface area contributed by atoms with Gasteiger partial charge in [0.25, 0.3) is 0 Å². The van der Waals surface area contributed by atoms with Gasteiger partial charge in [0, 0.05) is 13.6 Å². The van der Waals surface area contributed by atoms with Crippen LogP contribution in [0.1, 0.15) is 0 Å². The van der Waals surface area contributed by atoms with E-state index in [4.69, 9.17) is 5.73 Å². The Kier molecular flexibility index (Phi) is 4.00. The maximum absolute atomic E-state index is 10.7. The van der Waals surface area contributed by atoms with Gasteiger partial charge in [-0.15, -0.1) is 0 Å². The van der Waals surface area contributed by atoms with E-state index in [0.717, 1.165) is 0 Å². The molecule has 0 bridgehead atoms. The van der Waals surface area contributed by atoms with E-state index in [1.807, 2.05) is 0 Å². The van der Waals surface area contributed by atoms with E-state index in [9.17, 15) is 4.79 Å². The first-order valence-corrected chi connectivity index (χ1v) is 2.85. The lowest BCUT2D eigenvalue weighted by molar-refractivity contribution is -0.122. The lowest BCUT2D eigenvalue weighted by Gasteiger charge is -2.10. The maximum atomic E-state index is 10.7. The molecule has 0 saturated heterocycles. The minimum Gasteiger partial charge on any atom is -0.358 e. The van der Waals surface area contributed by atoms with Crippen molar-refractivity contribution >= 4 is 5.91 Å². The summed E-state index contributed by atoms with van der Waals surface area (Å²) in [6.07, 6.45) is 0. The van der Waals surface area contributed by atoms with Gasteiger partial charge in [-0.25, -0.2) is 0 Å². The van der Waals surface area contributed by atoms with Crippen molar-refractivity contribution in [2.45, 2.75) is 6.04 Å². The number of carbonyl (C=O) groups is 1. The van der Waals surface area contributed by atoms with E-state index in [1.165, 1.54) is 0 Å². The molecule has 9 heavy (non-hydrogen) atoms. The van der Waals surface area contributed by atoms with Crippen molar-refractivity contribution in [3.63, 3.8) is 0 Å². The van der Waals surface area contributed by atoms with Crippen LogP contribution in [0.3, 0.4) is 0 Å². The van der Waals surface area contributed by atoms with E-state index in [2.05, 4.69) is 10.6 Å². The molecule has 1 atom stereocenters. The van der Waals surface area contributed by atoms with Gasteiger partial charge < -0.3 is 16.4 Å². The zero-order valence-electron chi connectivity index (χ0n) is 5.77. The van der Waals surface area contributed by atoms with Crippen LogP contribution in [0.5, 0.6) is 0 Å². The third-order valence-corrected chi connectivity index (χ3v) is 1.15. The summed E-state index contributed by atoms with van der Waals surface area (Å²) in [5, 5.41) is 5.25. The van der Waals surface area contributed by atoms with Crippen LogP contribution in [0, 0.1) is 0 Å². The minimum atomic E-state index is -0.255. The lowest BCUT2D eigenvalue weighted by Crippen LogP contribution is -2.45. The molecule has 0 unspecified atom stereocenters. The second kappa shape index (κ2) is 4.29. The molecule has 1 amide bonds. The second-order valence-electron chi connectivity index (χ2n) is 1.69. The van der Waals surface area contributed by atoms with Crippen LogP contribution < -0.4 is 16.4 Å². The summed E-state index contributed by atoms with van der Waals surface area (Å²) in [7, 11) is 3.29. The van der Waals surface area contributed by atoms with Crippen molar-refractivity contribution in [2.24, 2.45) is 5.73 Å². The SMILES string of the molecule is CNC(=O)[C@H](CN)NC. The molecule has 0 aliphatic heterocycles. The summed E-state index contributed by atoms with van der Waals surface area (Å²) in [6, 6.07) is -0.255. The Morgan fingerprint density at radius 3 is 2.33 bits per heavy atom. The molecule has 0 fully saturated rings. The van der Waals surface area contributed by atoms with Crippen LogP contribution in [0.2, 0.25) is 0 Å². The average Bonchev–Trinajstić information content (AvgIpc) is 1.90. The van der Waals surface area contributed by atoms with Crippen molar-refractivity contribution in [1.82, 2.24) is 10.6 Å². The molecule has 4 heteroatoms. The number of hydrogen-bond donors (Lipinski definition) is 3. The molecular weight excluding hydrogens is 118 g/mol. The highest BCUT2D eigenvalue weighted by Crippen LogP contribution is 1.75. The number of amides is 1. The molecule has 0 rings (SSSR count). The van der Waals surface area contributed by atoms with Gasteiger partial charge in [0.2, 0.25) is 5.91 Å². The number of carbonyl (C=O) groups excluding carboxylic acids is 1. The van der Waals surface area contributed by atoms with Crippen molar-refractivity contribution in [3.8, 4) is 0 Å². The van der Waals surface area contributed by atoms with Gasteiger partial charge in [-0.1, -0.05) is 0 Å². The van der Waals surface area contributed by atoms with Crippen molar-refractivity contribution in [2.75, 3.05) is 20.6 Å². The van der Waals surface area contributed by atoms with Crippen molar-refractivity contribution < 1.29 is 4.79 Å². The highest BCUT2D eigenvalue weighted by atomic mass is 16.2. The zero-order valence-corrected chi connectivity index (χ0v) is 5.77. The predicted octanol–water partition coefficient (Wildman–Crippen LogP) is -1.72. The molecule has 0 saturated carbocycles. The lowest BCUT2D eigenvalue weighted by atomic mass is 10.3. The smallest absolute Gasteiger partial charge is 0.238 e. The quantitative estimate of drug-likeness (QED) is 0.427. The Morgan fingerprint density at radius 1 is 1.67 bits per heavy atom. The van der Waals surface area contributed by atoms with Gasteiger partial charge in [0.05, 0.1) is 6.04 Å². The van der Waals surface area contributed by atoms with E-state index in [1.54, 1.807) is 14.1 Å². The Balaban J connectivity index is 3.64. The van der Waals surface area contributed by atoms with E-state index in [0.29, 0.717) is 6.54 Å². The van der Waals surface area contributed by atoms with Crippen molar-refractivity contribution in [3.05, 3.63) is 0 Å². The van der Waals surface area contributed by atoms with Gasteiger partial charge in [0.1, 0.15) is 0 Å². The summed E-state index contributed by atoms with van der Waals surface area (Å²) >= 11 is 0. The highest BCUT2D eigenvalue weighted by molar-refractivity contribution is 5.81. The molecular formula is C5H13N3O. The topological polar surface area (TPSA) is 67.2 Å². The number of nitrogens with two attached hydrogens (primary N) is 1. The van der Waals surface area contributed by atoms with Gasteiger partial charge in [-0.2, -0.15) is 0 Å². The highest BCUT2D eigenvalue weighted by Gasteiger charge is 2.10. The molecule has 0 aromatic rings. The number of nitrogens with one attached hydrogen (secondary N) is 2. The second-order valence-corrected chi connectivity index (χ2v) is 1.69. The van der Waals surface area contributed by atoms with Crippen LogP contribution >= 0.6 is 0 Å². The molecule has 0 aromatic carbocycles. The van der Waals surface area contributed by atoms with Gasteiger partial charge in [-0.3, -0.25) is 4.79 Å². The predicted molar refractivity (Wildman–Crippen MR) is 36.0 cm³/mol. The third-order valence-electron chi connectivity index (χ3n) is 1.15. The molecule has 54 valence electrons. The Labute approximate surface area is 54.8 Å². The number of hydrogen-bond acceptors (Lipinski definition) is 3. The fourth-order valence-corrected chi connectivity index (χ4v) is 0.530. The molecule has 0 radical (unpaired) electrons. The van der Waals surface area contributed by atoms with Crippen LogP contribution in [0.25, 0.3) is 0 Å². The maximum Gasteiger partial charge on any atom is 0.238 e.